The molecule has 0 heterocycles. The first-order valence-electron chi connectivity index (χ1n) is 7.51. The number of sulfone groups is 1. The summed E-state index contributed by atoms with van der Waals surface area (Å²) in [4.78, 5) is 0.252. The average molecular weight is 333 g/mol. The molecule has 2 atom stereocenters. The van der Waals surface area contributed by atoms with Crippen molar-refractivity contribution in [1.29, 1.82) is 0 Å². The van der Waals surface area contributed by atoms with E-state index in [1.54, 1.807) is 19.1 Å². The van der Waals surface area contributed by atoms with Gasteiger partial charge in [-0.05, 0) is 37.1 Å². The van der Waals surface area contributed by atoms with Gasteiger partial charge in [0, 0.05) is 18.8 Å². The van der Waals surface area contributed by atoms with Gasteiger partial charge in [0.2, 0.25) is 0 Å². The van der Waals surface area contributed by atoms with Gasteiger partial charge in [-0.3, -0.25) is 0 Å². The van der Waals surface area contributed by atoms with E-state index in [9.17, 15) is 13.5 Å². The van der Waals surface area contributed by atoms with E-state index in [4.69, 9.17) is 0 Å². The average Bonchev–Trinajstić information content (AvgIpc) is 2.53. The fourth-order valence-electron chi connectivity index (χ4n) is 2.37. The Bertz CT molecular complexity index is 738. The molecule has 0 saturated carbocycles. The molecule has 0 amide bonds. The van der Waals surface area contributed by atoms with Gasteiger partial charge in [-0.2, -0.15) is 0 Å². The van der Waals surface area contributed by atoms with Crippen molar-refractivity contribution >= 4 is 9.84 Å². The van der Waals surface area contributed by atoms with Crippen molar-refractivity contribution in [3.05, 3.63) is 65.7 Å². The van der Waals surface area contributed by atoms with Crippen LogP contribution in [0.4, 0.5) is 0 Å². The topological polar surface area (TPSA) is 66.4 Å². The molecule has 0 saturated heterocycles. The minimum atomic E-state index is -3.22. The van der Waals surface area contributed by atoms with Crippen LogP contribution < -0.4 is 5.32 Å². The molecule has 23 heavy (non-hydrogen) atoms. The normalized spacial score (nSPS) is 15.8. The second-order valence-corrected chi connectivity index (χ2v) is 8.10. The van der Waals surface area contributed by atoms with E-state index in [-0.39, 0.29) is 10.9 Å². The number of hydrogen-bond acceptors (Lipinski definition) is 4. The third kappa shape index (κ3) is 4.64. The molecule has 0 aliphatic heterocycles. The van der Waals surface area contributed by atoms with E-state index in [1.807, 2.05) is 37.3 Å². The number of aliphatic hydroxyl groups is 1. The molecule has 0 radical (unpaired) electrons. The quantitative estimate of drug-likeness (QED) is 0.853. The van der Waals surface area contributed by atoms with Crippen molar-refractivity contribution < 1.29 is 13.5 Å². The van der Waals surface area contributed by atoms with Crippen molar-refractivity contribution in [2.45, 2.75) is 30.4 Å². The molecular formula is C18H23NO3S. The predicted molar refractivity (Wildman–Crippen MR) is 92.0 cm³/mol. The predicted octanol–water partition coefficient (Wildman–Crippen LogP) is 2.65. The summed E-state index contributed by atoms with van der Waals surface area (Å²) in [6.45, 7) is 4.12. The molecule has 2 aromatic rings. The van der Waals surface area contributed by atoms with Gasteiger partial charge in [0.15, 0.2) is 9.84 Å². The Balaban J connectivity index is 2.07. The monoisotopic (exact) mass is 333 g/mol. The van der Waals surface area contributed by atoms with Crippen molar-refractivity contribution in [3.8, 4) is 0 Å². The molecule has 2 aromatic carbocycles. The SMILES string of the molecule is C[C@@H](NC[C@@](C)(O)c1ccc(S(C)(=O)=O)cc1)c1ccccc1. The summed E-state index contributed by atoms with van der Waals surface area (Å²) in [6.07, 6.45) is 1.17. The van der Waals surface area contributed by atoms with Crippen LogP contribution in [-0.4, -0.2) is 26.3 Å². The molecule has 2 N–H and O–H groups in total. The third-order valence-corrected chi connectivity index (χ3v) is 5.08. The first-order chi connectivity index (χ1) is 10.7. The number of benzene rings is 2. The van der Waals surface area contributed by atoms with Gasteiger partial charge in [-0.1, -0.05) is 42.5 Å². The molecule has 0 unspecified atom stereocenters. The van der Waals surface area contributed by atoms with Crippen molar-refractivity contribution in [2.24, 2.45) is 0 Å². The van der Waals surface area contributed by atoms with E-state index in [2.05, 4.69) is 5.32 Å². The number of nitrogens with one attached hydrogen (secondary N) is 1. The van der Waals surface area contributed by atoms with Crippen LogP contribution in [0, 0.1) is 0 Å². The fourth-order valence-corrected chi connectivity index (χ4v) is 3.01. The highest BCUT2D eigenvalue weighted by Crippen LogP contribution is 2.23. The van der Waals surface area contributed by atoms with Crippen LogP contribution in [0.1, 0.15) is 31.0 Å². The molecular weight excluding hydrogens is 310 g/mol. The minimum absolute atomic E-state index is 0.109. The molecule has 0 aromatic heterocycles. The summed E-state index contributed by atoms with van der Waals surface area (Å²) in [5.74, 6) is 0. The first kappa shape index (κ1) is 17.7. The summed E-state index contributed by atoms with van der Waals surface area (Å²) < 4.78 is 23.0. The maximum absolute atomic E-state index is 11.5. The van der Waals surface area contributed by atoms with Crippen LogP contribution in [0.3, 0.4) is 0 Å². The van der Waals surface area contributed by atoms with Gasteiger partial charge in [-0.25, -0.2) is 8.42 Å². The number of hydrogen-bond donors (Lipinski definition) is 2. The van der Waals surface area contributed by atoms with Crippen molar-refractivity contribution in [1.82, 2.24) is 5.32 Å². The van der Waals surface area contributed by atoms with Gasteiger partial charge in [-0.15, -0.1) is 0 Å². The third-order valence-electron chi connectivity index (χ3n) is 3.96. The van der Waals surface area contributed by atoms with E-state index in [0.717, 1.165) is 5.56 Å². The van der Waals surface area contributed by atoms with Gasteiger partial charge in [0.05, 0.1) is 10.5 Å². The zero-order chi connectivity index (χ0) is 17.1. The summed E-state index contributed by atoms with van der Waals surface area (Å²) in [5.41, 5.74) is 0.743. The molecule has 2 rings (SSSR count). The zero-order valence-corrected chi connectivity index (χ0v) is 14.5. The Kier molecular flexibility index (Phi) is 5.24. The van der Waals surface area contributed by atoms with Gasteiger partial charge in [0.25, 0.3) is 0 Å². The lowest BCUT2D eigenvalue weighted by atomic mass is 9.95. The van der Waals surface area contributed by atoms with Crippen LogP contribution >= 0.6 is 0 Å². The second-order valence-electron chi connectivity index (χ2n) is 6.08. The Morgan fingerprint density at radius 1 is 1.09 bits per heavy atom. The molecule has 0 fully saturated rings. The first-order valence-corrected chi connectivity index (χ1v) is 9.40. The Morgan fingerprint density at radius 2 is 1.65 bits per heavy atom. The van der Waals surface area contributed by atoms with Crippen LogP contribution in [0.5, 0.6) is 0 Å². The maximum atomic E-state index is 11.5. The van der Waals surface area contributed by atoms with Gasteiger partial charge >= 0.3 is 0 Å². The highest BCUT2D eigenvalue weighted by atomic mass is 32.2. The molecule has 0 aliphatic rings. The molecule has 0 bridgehead atoms. The van der Waals surface area contributed by atoms with E-state index in [0.29, 0.717) is 12.1 Å². The highest BCUT2D eigenvalue weighted by molar-refractivity contribution is 7.90. The van der Waals surface area contributed by atoms with Crippen molar-refractivity contribution in [3.63, 3.8) is 0 Å². The summed E-state index contributed by atoms with van der Waals surface area (Å²) in [7, 11) is -3.22. The molecule has 0 spiro atoms. The van der Waals surface area contributed by atoms with Crippen LogP contribution in [0.15, 0.2) is 59.5 Å². The van der Waals surface area contributed by atoms with Crippen LogP contribution in [0.25, 0.3) is 0 Å². The second kappa shape index (κ2) is 6.83. The Hall–Kier alpha value is -1.69. The maximum Gasteiger partial charge on any atom is 0.175 e. The van der Waals surface area contributed by atoms with Crippen LogP contribution in [-0.2, 0) is 15.4 Å². The molecule has 124 valence electrons. The van der Waals surface area contributed by atoms with Crippen LogP contribution in [0.2, 0.25) is 0 Å². The smallest absolute Gasteiger partial charge is 0.175 e. The summed E-state index contributed by atoms with van der Waals surface area (Å²) in [6, 6.07) is 16.5. The lowest BCUT2D eigenvalue weighted by Gasteiger charge is -2.27. The standard InChI is InChI=1S/C18H23NO3S/c1-14(15-7-5-4-6-8-15)19-13-18(2,20)16-9-11-17(12-10-16)23(3,21)22/h4-12,14,19-20H,13H2,1-3H3/t14-,18-/m1/s1. The van der Waals surface area contributed by atoms with E-state index < -0.39 is 15.4 Å². The van der Waals surface area contributed by atoms with E-state index >= 15 is 0 Å². The lowest BCUT2D eigenvalue weighted by molar-refractivity contribution is 0.0543. The zero-order valence-electron chi connectivity index (χ0n) is 13.7. The largest absolute Gasteiger partial charge is 0.384 e. The molecule has 5 heteroatoms. The Morgan fingerprint density at radius 3 is 2.17 bits per heavy atom. The number of rotatable bonds is 6. The van der Waals surface area contributed by atoms with Crippen molar-refractivity contribution in [2.75, 3.05) is 12.8 Å². The fraction of sp³-hybridized carbons (Fsp3) is 0.333. The molecule has 4 nitrogen and oxygen atoms in total. The minimum Gasteiger partial charge on any atom is -0.384 e. The summed E-state index contributed by atoms with van der Waals surface area (Å²) >= 11 is 0. The molecule has 0 aliphatic carbocycles. The van der Waals surface area contributed by atoms with Gasteiger partial charge < -0.3 is 10.4 Å². The lowest BCUT2D eigenvalue weighted by Crippen LogP contribution is -2.36. The highest BCUT2D eigenvalue weighted by Gasteiger charge is 2.24. The summed E-state index contributed by atoms with van der Waals surface area (Å²) in [5, 5.41) is 14.0. The Labute approximate surface area is 138 Å². The van der Waals surface area contributed by atoms with Gasteiger partial charge in [0.1, 0.15) is 0 Å². The van der Waals surface area contributed by atoms with E-state index in [1.165, 1.54) is 18.4 Å².